The number of methoxy groups -OCH3 is 1. The van der Waals surface area contributed by atoms with Crippen LogP contribution in [0.4, 0.5) is 4.79 Å². The molecule has 0 aromatic heterocycles. The van der Waals surface area contributed by atoms with E-state index in [0.29, 0.717) is 39.1 Å². The molecule has 1 aliphatic heterocycles. The van der Waals surface area contributed by atoms with E-state index in [0.717, 1.165) is 11.3 Å². The summed E-state index contributed by atoms with van der Waals surface area (Å²) in [6.07, 6.45) is 0.554. The van der Waals surface area contributed by atoms with E-state index in [-0.39, 0.29) is 18.2 Å². The second-order valence-corrected chi connectivity index (χ2v) is 5.91. The second-order valence-electron chi connectivity index (χ2n) is 5.91. The van der Waals surface area contributed by atoms with E-state index in [9.17, 15) is 14.4 Å². The Morgan fingerprint density at radius 1 is 1.20 bits per heavy atom. The Morgan fingerprint density at radius 2 is 1.92 bits per heavy atom. The van der Waals surface area contributed by atoms with Gasteiger partial charge in [0.15, 0.2) is 0 Å². The summed E-state index contributed by atoms with van der Waals surface area (Å²) in [6.45, 7) is 3.19. The van der Waals surface area contributed by atoms with Crippen LogP contribution in [0, 0.1) is 0 Å². The maximum Gasteiger partial charge on any atom is 0.318 e. The highest BCUT2D eigenvalue weighted by Crippen LogP contribution is 2.14. The molecule has 1 fully saturated rings. The average Bonchev–Trinajstić information content (AvgIpc) is 2.60. The first kappa shape index (κ1) is 18.7. The van der Waals surface area contributed by atoms with Crippen LogP contribution in [0.25, 0.3) is 0 Å². The average molecular weight is 348 g/mol. The van der Waals surface area contributed by atoms with E-state index in [1.807, 2.05) is 34.5 Å². The molecule has 0 unspecified atom stereocenters. The Labute approximate surface area is 146 Å². The molecule has 0 atom stereocenters. The van der Waals surface area contributed by atoms with Crippen LogP contribution >= 0.6 is 0 Å². The van der Waals surface area contributed by atoms with Gasteiger partial charge in [-0.25, -0.2) is 4.79 Å². The Hall–Kier alpha value is -2.61. The lowest BCUT2D eigenvalue weighted by Crippen LogP contribution is -2.49. The minimum absolute atomic E-state index is 0.0828. The molecule has 0 radical (unpaired) electrons. The van der Waals surface area contributed by atoms with Crippen molar-refractivity contribution in [1.82, 2.24) is 15.1 Å². The number of ether oxygens (including phenoxy) is 1. The zero-order valence-corrected chi connectivity index (χ0v) is 14.4. The first-order valence-electron chi connectivity index (χ1n) is 8.20. The number of imide groups is 1. The predicted octanol–water partition coefficient (Wildman–Crippen LogP) is -0.0331. The molecular weight excluding hydrogens is 324 g/mol. The number of rotatable bonds is 6. The number of carbonyl (C=O) groups excluding carboxylic acids is 3. The monoisotopic (exact) mass is 348 g/mol. The van der Waals surface area contributed by atoms with Gasteiger partial charge in [-0.2, -0.15) is 0 Å². The molecule has 0 aliphatic carbocycles. The topological polar surface area (TPSA) is 105 Å². The zero-order valence-electron chi connectivity index (χ0n) is 14.4. The summed E-state index contributed by atoms with van der Waals surface area (Å²) in [7, 11) is 1.60. The van der Waals surface area contributed by atoms with E-state index in [1.165, 1.54) is 0 Å². The molecule has 25 heavy (non-hydrogen) atoms. The zero-order chi connectivity index (χ0) is 18.2. The normalized spacial score (nSPS) is 14.8. The number of hydrogen-bond donors (Lipinski definition) is 2. The van der Waals surface area contributed by atoms with Gasteiger partial charge in [-0.3, -0.25) is 19.8 Å². The Kier molecular flexibility index (Phi) is 6.76. The summed E-state index contributed by atoms with van der Waals surface area (Å²) in [6, 6.07) is 6.66. The molecule has 3 N–H and O–H groups in total. The molecule has 0 spiro atoms. The Morgan fingerprint density at radius 3 is 2.56 bits per heavy atom. The van der Waals surface area contributed by atoms with Crippen molar-refractivity contribution in [3.05, 3.63) is 29.8 Å². The summed E-state index contributed by atoms with van der Waals surface area (Å²) < 4.78 is 5.17. The molecule has 136 valence electrons. The highest BCUT2D eigenvalue weighted by molar-refractivity contribution is 5.93. The number of urea groups is 1. The van der Waals surface area contributed by atoms with Gasteiger partial charge in [0.2, 0.25) is 11.8 Å². The van der Waals surface area contributed by atoms with Crippen LogP contribution in [-0.2, 0) is 16.0 Å². The van der Waals surface area contributed by atoms with Crippen LogP contribution in [0.15, 0.2) is 24.3 Å². The third-order valence-corrected chi connectivity index (χ3v) is 4.13. The van der Waals surface area contributed by atoms with Gasteiger partial charge in [-0.1, -0.05) is 12.1 Å². The third-order valence-electron chi connectivity index (χ3n) is 4.13. The standard InChI is InChI=1S/C17H24N4O4/c1-25-14-4-2-3-13(11-14)12-16(23)21-9-7-20(8-10-21)6-5-15(22)19-17(18)24/h2-4,11H,5-10,12H2,1H3,(H3,18,19,22,24). The second kappa shape index (κ2) is 9.03. The number of piperazine rings is 1. The number of nitrogens with zero attached hydrogens (tertiary/aromatic N) is 2. The fraction of sp³-hybridized carbons (Fsp3) is 0.471. The number of hydrogen-bond acceptors (Lipinski definition) is 5. The highest BCUT2D eigenvalue weighted by atomic mass is 16.5. The van der Waals surface area contributed by atoms with Crippen LogP contribution < -0.4 is 15.8 Å². The van der Waals surface area contributed by atoms with Gasteiger partial charge in [0.05, 0.1) is 13.5 Å². The van der Waals surface area contributed by atoms with E-state index in [1.54, 1.807) is 7.11 Å². The highest BCUT2D eigenvalue weighted by Gasteiger charge is 2.21. The molecule has 1 aromatic carbocycles. The Bertz CT molecular complexity index is 627. The van der Waals surface area contributed by atoms with Crippen molar-refractivity contribution in [3.63, 3.8) is 0 Å². The summed E-state index contributed by atoms with van der Waals surface area (Å²) >= 11 is 0. The van der Waals surface area contributed by atoms with E-state index >= 15 is 0 Å². The van der Waals surface area contributed by atoms with Gasteiger partial charge in [0.1, 0.15) is 5.75 Å². The lowest BCUT2D eigenvalue weighted by molar-refractivity contribution is -0.132. The molecule has 8 heteroatoms. The first-order valence-corrected chi connectivity index (χ1v) is 8.20. The lowest BCUT2D eigenvalue weighted by Gasteiger charge is -2.34. The molecule has 1 heterocycles. The number of nitrogens with two attached hydrogens (primary N) is 1. The maximum absolute atomic E-state index is 12.4. The minimum Gasteiger partial charge on any atom is -0.497 e. The van der Waals surface area contributed by atoms with Crippen LogP contribution in [0.1, 0.15) is 12.0 Å². The van der Waals surface area contributed by atoms with Gasteiger partial charge < -0.3 is 15.4 Å². The van der Waals surface area contributed by atoms with Gasteiger partial charge in [0.25, 0.3) is 0 Å². The van der Waals surface area contributed by atoms with Crippen molar-refractivity contribution in [2.24, 2.45) is 5.73 Å². The van der Waals surface area contributed by atoms with Gasteiger partial charge in [0, 0.05) is 39.1 Å². The molecule has 0 saturated carbocycles. The van der Waals surface area contributed by atoms with Crippen molar-refractivity contribution >= 4 is 17.8 Å². The minimum atomic E-state index is -0.835. The number of carbonyl (C=O) groups is 3. The number of primary amides is 1. The Balaban J connectivity index is 1.74. The summed E-state index contributed by atoms with van der Waals surface area (Å²) in [5.74, 6) is 0.438. The van der Waals surface area contributed by atoms with Crippen LogP contribution in [0.3, 0.4) is 0 Å². The number of benzene rings is 1. The third kappa shape index (κ3) is 6.07. The lowest BCUT2D eigenvalue weighted by atomic mass is 10.1. The number of amides is 4. The molecule has 1 aliphatic rings. The summed E-state index contributed by atoms with van der Waals surface area (Å²) in [5.41, 5.74) is 5.82. The fourth-order valence-electron chi connectivity index (χ4n) is 2.75. The van der Waals surface area contributed by atoms with Crippen molar-refractivity contribution in [2.45, 2.75) is 12.8 Å². The summed E-state index contributed by atoms with van der Waals surface area (Å²) in [5, 5.41) is 2.04. The predicted molar refractivity (Wildman–Crippen MR) is 92.1 cm³/mol. The molecule has 2 rings (SSSR count). The molecule has 4 amide bonds. The van der Waals surface area contributed by atoms with Crippen LogP contribution in [0.2, 0.25) is 0 Å². The molecule has 0 bridgehead atoms. The molecular formula is C17H24N4O4. The van der Waals surface area contributed by atoms with E-state index in [2.05, 4.69) is 4.90 Å². The van der Waals surface area contributed by atoms with Gasteiger partial charge in [-0.15, -0.1) is 0 Å². The summed E-state index contributed by atoms with van der Waals surface area (Å²) in [4.78, 5) is 38.3. The SMILES string of the molecule is COc1cccc(CC(=O)N2CCN(CCC(=O)NC(N)=O)CC2)c1. The molecule has 1 saturated heterocycles. The van der Waals surface area contributed by atoms with Crippen LogP contribution in [-0.4, -0.2) is 67.5 Å². The van der Waals surface area contributed by atoms with Crippen molar-refractivity contribution < 1.29 is 19.1 Å². The first-order chi connectivity index (χ1) is 12.0. The van der Waals surface area contributed by atoms with Gasteiger partial charge in [-0.05, 0) is 17.7 Å². The smallest absolute Gasteiger partial charge is 0.318 e. The van der Waals surface area contributed by atoms with Crippen molar-refractivity contribution in [1.29, 1.82) is 0 Å². The molecule has 1 aromatic rings. The van der Waals surface area contributed by atoms with Gasteiger partial charge >= 0.3 is 6.03 Å². The van der Waals surface area contributed by atoms with Crippen molar-refractivity contribution in [3.8, 4) is 5.75 Å². The van der Waals surface area contributed by atoms with E-state index in [4.69, 9.17) is 10.5 Å². The van der Waals surface area contributed by atoms with Crippen LogP contribution in [0.5, 0.6) is 5.75 Å². The fourth-order valence-corrected chi connectivity index (χ4v) is 2.75. The van der Waals surface area contributed by atoms with Crippen molar-refractivity contribution in [2.75, 3.05) is 39.8 Å². The number of nitrogens with one attached hydrogen (secondary N) is 1. The quantitative estimate of drug-likeness (QED) is 0.751. The maximum atomic E-state index is 12.4. The molecule has 8 nitrogen and oxygen atoms in total. The van der Waals surface area contributed by atoms with E-state index < -0.39 is 6.03 Å². The largest absolute Gasteiger partial charge is 0.497 e.